The Kier molecular flexibility index (Phi) is 5.27. The predicted molar refractivity (Wildman–Crippen MR) is 67.9 cm³/mol. The fourth-order valence-electron chi connectivity index (χ4n) is 1.75. The minimum absolute atomic E-state index is 0.0153. The summed E-state index contributed by atoms with van der Waals surface area (Å²) in [4.78, 5) is 24.1. The van der Waals surface area contributed by atoms with Gasteiger partial charge in [-0.2, -0.15) is 0 Å². The normalized spacial score (nSPS) is 21.9. The lowest BCUT2D eigenvalue weighted by molar-refractivity contribution is -0.134. The van der Waals surface area contributed by atoms with Crippen LogP contribution < -0.4 is 5.73 Å². The van der Waals surface area contributed by atoms with Crippen molar-refractivity contribution in [3.63, 3.8) is 0 Å². The van der Waals surface area contributed by atoms with Crippen molar-refractivity contribution in [3.8, 4) is 0 Å². The highest BCUT2D eigenvalue weighted by Gasteiger charge is 2.30. The molecule has 1 fully saturated rings. The molecule has 5 nitrogen and oxygen atoms in total. The number of carboxylic acid groups (broad SMARTS) is 1. The van der Waals surface area contributed by atoms with Crippen LogP contribution in [0.3, 0.4) is 0 Å². The largest absolute Gasteiger partial charge is 0.481 e. The number of carbonyl (C=O) groups is 2. The van der Waals surface area contributed by atoms with Crippen LogP contribution in [0.15, 0.2) is 0 Å². The van der Waals surface area contributed by atoms with Gasteiger partial charge >= 0.3 is 5.97 Å². The highest BCUT2D eigenvalue weighted by atomic mass is 32.2. The molecule has 0 bridgehead atoms. The average Bonchev–Trinajstić information content (AvgIpc) is 2.72. The molecule has 3 N–H and O–H groups in total. The molecule has 0 radical (unpaired) electrons. The van der Waals surface area contributed by atoms with Crippen molar-refractivity contribution in [1.29, 1.82) is 0 Å². The van der Waals surface area contributed by atoms with E-state index in [4.69, 9.17) is 10.8 Å². The lowest BCUT2D eigenvalue weighted by Crippen LogP contribution is -2.45. The van der Waals surface area contributed by atoms with Crippen molar-refractivity contribution in [2.75, 3.05) is 18.8 Å². The van der Waals surface area contributed by atoms with Gasteiger partial charge < -0.3 is 15.7 Å². The van der Waals surface area contributed by atoms with E-state index in [1.807, 2.05) is 13.8 Å². The van der Waals surface area contributed by atoms with Crippen molar-refractivity contribution in [1.82, 2.24) is 4.90 Å². The summed E-state index contributed by atoms with van der Waals surface area (Å²) in [5.74, 6) is -0.589. The van der Waals surface area contributed by atoms with Crippen LogP contribution in [0.1, 0.15) is 20.3 Å². The quantitative estimate of drug-likeness (QED) is 0.747. The molecule has 98 valence electrons. The molecule has 0 aromatic rings. The number of nitrogens with zero attached hydrogens (tertiary/aromatic N) is 1. The second kappa shape index (κ2) is 6.26. The zero-order valence-electron chi connectivity index (χ0n) is 10.3. The summed E-state index contributed by atoms with van der Waals surface area (Å²) in [6, 6.07) is -0.446. The van der Waals surface area contributed by atoms with Crippen molar-refractivity contribution < 1.29 is 14.7 Å². The molecule has 1 saturated heterocycles. The third kappa shape index (κ3) is 4.20. The van der Waals surface area contributed by atoms with Crippen LogP contribution in [0.4, 0.5) is 0 Å². The topological polar surface area (TPSA) is 83.6 Å². The third-order valence-electron chi connectivity index (χ3n) is 2.90. The Labute approximate surface area is 106 Å². The average molecular weight is 260 g/mol. The van der Waals surface area contributed by atoms with Crippen molar-refractivity contribution in [2.45, 2.75) is 31.6 Å². The molecular weight excluding hydrogens is 240 g/mol. The maximum absolute atomic E-state index is 11.9. The Bertz CT molecular complexity index is 296. The number of aliphatic carboxylic acids is 1. The van der Waals surface area contributed by atoms with Gasteiger partial charge in [-0.3, -0.25) is 9.59 Å². The van der Waals surface area contributed by atoms with E-state index in [9.17, 15) is 9.59 Å². The summed E-state index contributed by atoms with van der Waals surface area (Å²) in [5.41, 5.74) is 5.82. The number of hydrogen-bond acceptors (Lipinski definition) is 4. The lowest BCUT2D eigenvalue weighted by Gasteiger charge is -2.22. The monoisotopic (exact) mass is 260 g/mol. The molecule has 1 amide bonds. The number of nitrogens with two attached hydrogens (primary N) is 1. The number of likely N-dealkylation sites (tertiary alicyclic amines) is 1. The van der Waals surface area contributed by atoms with Crippen LogP contribution >= 0.6 is 11.8 Å². The molecule has 0 saturated carbocycles. The molecule has 1 aliphatic heterocycles. The Balaban J connectivity index is 2.39. The summed E-state index contributed by atoms with van der Waals surface area (Å²) >= 11 is 1.40. The second-order valence-electron chi connectivity index (χ2n) is 4.67. The fourth-order valence-corrected chi connectivity index (χ4v) is 2.69. The maximum atomic E-state index is 11.9. The van der Waals surface area contributed by atoms with Gasteiger partial charge in [0.25, 0.3) is 0 Å². The molecule has 2 unspecified atom stereocenters. The Morgan fingerprint density at radius 1 is 1.53 bits per heavy atom. The molecule has 0 spiro atoms. The highest BCUT2D eigenvalue weighted by molar-refractivity contribution is 8.00. The lowest BCUT2D eigenvalue weighted by atomic mass is 10.0. The molecule has 2 atom stereocenters. The van der Waals surface area contributed by atoms with Gasteiger partial charge in [-0.1, -0.05) is 13.8 Å². The first-order chi connectivity index (χ1) is 7.91. The molecule has 17 heavy (non-hydrogen) atoms. The van der Waals surface area contributed by atoms with E-state index in [2.05, 4.69) is 0 Å². The molecule has 0 aliphatic carbocycles. The van der Waals surface area contributed by atoms with Crippen LogP contribution in [0.2, 0.25) is 0 Å². The van der Waals surface area contributed by atoms with E-state index in [0.29, 0.717) is 13.1 Å². The summed E-state index contributed by atoms with van der Waals surface area (Å²) < 4.78 is 0. The molecule has 1 heterocycles. The summed E-state index contributed by atoms with van der Waals surface area (Å²) in [6.07, 6.45) is 0.856. The van der Waals surface area contributed by atoms with Crippen LogP contribution in [-0.2, 0) is 9.59 Å². The van der Waals surface area contributed by atoms with Crippen LogP contribution in [-0.4, -0.2) is 52.0 Å². The molecule has 1 rings (SSSR count). The Hall–Kier alpha value is -0.750. The van der Waals surface area contributed by atoms with Crippen LogP contribution in [0, 0.1) is 5.92 Å². The van der Waals surface area contributed by atoms with Crippen LogP contribution in [0.5, 0.6) is 0 Å². The summed E-state index contributed by atoms with van der Waals surface area (Å²) in [5, 5.41) is 8.82. The van der Waals surface area contributed by atoms with Crippen molar-refractivity contribution in [2.24, 2.45) is 11.7 Å². The number of hydrogen-bond donors (Lipinski definition) is 2. The molecule has 6 heteroatoms. The molecule has 0 aromatic heterocycles. The molecular formula is C11H20N2O3S. The van der Waals surface area contributed by atoms with Gasteiger partial charge in [0, 0.05) is 18.3 Å². The SMILES string of the molecule is CC(C)C(N)C(=O)N1CCC(SCC(=O)O)C1. The number of thioether (sulfide) groups is 1. The van der Waals surface area contributed by atoms with Gasteiger partial charge in [-0.15, -0.1) is 11.8 Å². The Morgan fingerprint density at radius 2 is 2.18 bits per heavy atom. The van der Waals surface area contributed by atoms with Crippen molar-refractivity contribution >= 4 is 23.6 Å². The Morgan fingerprint density at radius 3 is 2.71 bits per heavy atom. The zero-order valence-corrected chi connectivity index (χ0v) is 11.1. The number of amides is 1. The van der Waals surface area contributed by atoms with Gasteiger partial charge in [0.1, 0.15) is 0 Å². The van der Waals surface area contributed by atoms with E-state index in [1.165, 1.54) is 11.8 Å². The van der Waals surface area contributed by atoms with E-state index >= 15 is 0 Å². The van der Waals surface area contributed by atoms with Gasteiger partial charge in [-0.25, -0.2) is 0 Å². The minimum atomic E-state index is -0.807. The first kappa shape index (κ1) is 14.3. The van der Waals surface area contributed by atoms with E-state index in [0.717, 1.165) is 6.42 Å². The van der Waals surface area contributed by atoms with E-state index in [-0.39, 0.29) is 22.8 Å². The predicted octanol–water partition coefficient (Wildman–Crippen LogP) is 0.388. The minimum Gasteiger partial charge on any atom is -0.481 e. The van der Waals surface area contributed by atoms with Gasteiger partial charge in [0.05, 0.1) is 11.8 Å². The first-order valence-electron chi connectivity index (χ1n) is 5.79. The zero-order chi connectivity index (χ0) is 13.0. The summed E-state index contributed by atoms with van der Waals surface area (Å²) in [6.45, 7) is 5.17. The maximum Gasteiger partial charge on any atom is 0.313 e. The van der Waals surface area contributed by atoms with Gasteiger partial charge in [0.2, 0.25) is 5.91 Å². The standard InChI is InChI=1S/C11H20N2O3S/c1-7(2)10(12)11(16)13-4-3-8(5-13)17-6-9(14)15/h7-8,10H,3-6,12H2,1-2H3,(H,14,15). The highest BCUT2D eigenvalue weighted by Crippen LogP contribution is 2.23. The number of carbonyl (C=O) groups excluding carboxylic acids is 1. The number of rotatable bonds is 5. The molecule has 0 aromatic carbocycles. The first-order valence-corrected chi connectivity index (χ1v) is 6.84. The second-order valence-corrected chi connectivity index (χ2v) is 5.96. The summed E-state index contributed by atoms with van der Waals surface area (Å²) in [7, 11) is 0. The smallest absolute Gasteiger partial charge is 0.313 e. The van der Waals surface area contributed by atoms with Gasteiger partial charge in [-0.05, 0) is 12.3 Å². The van der Waals surface area contributed by atoms with E-state index in [1.54, 1.807) is 4.90 Å². The van der Waals surface area contributed by atoms with Crippen molar-refractivity contribution in [3.05, 3.63) is 0 Å². The molecule has 1 aliphatic rings. The fraction of sp³-hybridized carbons (Fsp3) is 0.818. The third-order valence-corrected chi connectivity index (χ3v) is 4.17. The van der Waals surface area contributed by atoms with Gasteiger partial charge in [0.15, 0.2) is 0 Å². The van der Waals surface area contributed by atoms with E-state index < -0.39 is 12.0 Å². The number of carboxylic acids is 1. The van der Waals surface area contributed by atoms with Crippen LogP contribution in [0.25, 0.3) is 0 Å².